The van der Waals surface area contributed by atoms with Crippen LogP contribution in [0.4, 0.5) is 5.95 Å². The minimum absolute atomic E-state index is 0.398. The second kappa shape index (κ2) is 3.67. The van der Waals surface area contributed by atoms with Crippen molar-refractivity contribution in [3.8, 4) is 0 Å². The molecule has 1 aliphatic heterocycles. The maximum absolute atomic E-state index is 9.88. The Labute approximate surface area is 102 Å². The molecule has 0 amide bonds. The van der Waals surface area contributed by atoms with Gasteiger partial charge in [-0.05, 0) is 44.1 Å². The lowest BCUT2D eigenvalue weighted by Crippen LogP contribution is -2.55. The zero-order chi connectivity index (χ0) is 11.9. The third-order valence-electron chi connectivity index (χ3n) is 4.17. The van der Waals surface area contributed by atoms with Gasteiger partial charge in [0.2, 0.25) is 5.95 Å². The number of hydrogen-bond acceptors (Lipinski definition) is 4. The number of aliphatic hydroxyl groups is 1. The van der Waals surface area contributed by atoms with Crippen molar-refractivity contribution in [2.75, 3.05) is 18.0 Å². The van der Waals surface area contributed by atoms with Crippen LogP contribution in [-0.2, 0) is 0 Å². The van der Waals surface area contributed by atoms with E-state index in [9.17, 15) is 5.11 Å². The van der Waals surface area contributed by atoms with Crippen LogP contribution in [0.2, 0.25) is 0 Å². The normalized spacial score (nSPS) is 25.6. The van der Waals surface area contributed by atoms with E-state index in [2.05, 4.69) is 14.9 Å². The van der Waals surface area contributed by atoms with E-state index in [1.807, 2.05) is 13.0 Å². The largest absolute Gasteiger partial charge is 0.390 e. The molecule has 0 atom stereocenters. The highest BCUT2D eigenvalue weighted by atomic mass is 16.3. The van der Waals surface area contributed by atoms with Crippen LogP contribution in [0, 0.1) is 5.41 Å². The van der Waals surface area contributed by atoms with Crippen molar-refractivity contribution in [1.82, 2.24) is 9.97 Å². The maximum atomic E-state index is 9.88. The predicted octanol–water partition coefficient (Wildman–Crippen LogP) is 1.61. The lowest BCUT2D eigenvalue weighted by molar-refractivity contribution is -0.124. The monoisotopic (exact) mass is 233 g/mol. The van der Waals surface area contributed by atoms with Crippen LogP contribution < -0.4 is 4.90 Å². The van der Waals surface area contributed by atoms with Gasteiger partial charge in [-0.1, -0.05) is 0 Å². The van der Waals surface area contributed by atoms with Gasteiger partial charge in [-0.3, -0.25) is 0 Å². The molecule has 0 unspecified atom stereocenters. The molecule has 1 saturated heterocycles. The van der Waals surface area contributed by atoms with Gasteiger partial charge in [0.15, 0.2) is 0 Å². The molecular formula is C13H19N3O. The molecule has 0 aromatic carbocycles. The second-order valence-electron chi connectivity index (χ2n) is 5.89. The molecule has 0 radical (unpaired) electrons. The molecule has 4 nitrogen and oxygen atoms in total. The van der Waals surface area contributed by atoms with Crippen molar-refractivity contribution in [2.24, 2.45) is 5.41 Å². The Morgan fingerprint density at radius 2 is 1.76 bits per heavy atom. The molecule has 92 valence electrons. The minimum atomic E-state index is -0.411. The van der Waals surface area contributed by atoms with E-state index in [-0.39, 0.29) is 0 Å². The van der Waals surface area contributed by atoms with Gasteiger partial charge in [0, 0.05) is 25.5 Å². The van der Waals surface area contributed by atoms with Crippen LogP contribution in [0.5, 0.6) is 0 Å². The Bertz CT molecular complexity index is 386. The number of hydrogen-bond donors (Lipinski definition) is 1. The average Bonchev–Trinajstić information content (AvgIpc) is 2.29. The molecule has 2 aliphatic rings. The van der Waals surface area contributed by atoms with Crippen LogP contribution in [0.25, 0.3) is 0 Å². The van der Waals surface area contributed by atoms with Gasteiger partial charge in [-0.2, -0.15) is 0 Å². The predicted molar refractivity (Wildman–Crippen MR) is 65.8 cm³/mol. The third kappa shape index (κ3) is 2.02. The molecule has 1 N–H and O–H groups in total. The molecule has 2 heterocycles. The van der Waals surface area contributed by atoms with Crippen LogP contribution >= 0.6 is 0 Å². The van der Waals surface area contributed by atoms with Crippen LogP contribution in [-0.4, -0.2) is 33.8 Å². The molecule has 1 aromatic rings. The summed E-state index contributed by atoms with van der Waals surface area (Å²) in [6, 6.07) is 1.85. The first-order valence-electron chi connectivity index (χ1n) is 6.33. The standard InChI is InChI=1S/C13H19N3O/c1-12(17)9-13(10-12)3-7-16(8-4-13)11-14-5-2-6-15-11/h2,5-6,17H,3-4,7-10H2,1H3. The SMILES string of the molecule is CC1(O)CC2(CCN(c3ncccn3)CC2)C1. The maximum Gasteiger partial charge on any atom is 0.225 e. The summed E-state index contributed by atoms with van der Waals surface area (Å²) in [5.74, 6) is 0.841. The lowest BCUT2D eigenvalue weighted by atomic mass is 9.56. The zero-order valence-electron chi connectivity index (χ0n) is 10.3. The molecule has 1 spiro atoms. The highest BCUT2D eigenvalue weighted by molar-refractivity contribution is 5.30. The molecule has 1 aromatic heterocycles. The van der Waals surface area contributed by atoms with Gasteiger partial charge in [0.05, 0.1) is 5.60 Å². The zero-order valence-corrected chi connectivity index (χ0v) is 10.3. The number of anilines is 1. The van der Waals surface area contributed by atoms with E-state index >= 15 is 0 Å². The Hall–Kier alpha value is -1.16. The Kier molecular flexibility index (Phi) is 2.36. The van der Waals surface area contributed by atoms with E-state index in [1.54, 1.807) is 12.4 Å². The lowest BCUT2D eigenvalue weighted by Gasteiger charge is -2.55. The number of aromatic nitrogens is 2. The number of nitrogens with zero attached hydrogens (tertiary/aromatic N) is 3. The van der Waals surface area contributed by atoms with Crippen molar-refractivity contribution in [2.45, 2.75) is 38.2 Å². The first kappa shape index (κ1) is 11.0. The van der Waals surface area contributed by atoms with E-state index in [1.165, 1.54) is 0 Å². The molecular weight excluding hydrogens is 214 g/mol. The quantitative estimate of drug-likeness (QED) is 0.800. The summed E-state index contributed by atoms with van der Waals surface area (Å²) in [6.45, 7) is 3.98. The Morgan fingerprint density at radius 1 is 1.18 bits per heavy atom. The fraction of sp³-hybridized carbons (Fsp3) is 0.692. The van der Waals surface area contributed by atoms with Gasteiger partial charge < -0.3 is 10.0 Å². The van der Waals surface area contributed by atoms with Crippen molar-refractivity contribution in [3.05, 3.63) is 18.5 Å². The van der Waals surface area contributed by atoms with E-state index in [4.69, 9.17) is 0 Å². The van der Waals surface area contributed by atoms with Crippen molar-refractivity contribution in [3.63, 3.8) is 0 Å². The van der Waals surface area contributed by atoms with Crippen molar-refractivity contribution >= 4 is 5.95 Å². The summed E-state index contributed by atoms with van der Waals surface area (Å²) in [6.07, 6.45) is 7.82. The van der Waals surface area contributed by atoms with Gasteiger partial charge in [-0.25, -0.2) is 9.97 Å². The highest BCUT2D eigenvalue weighted by Crippen LogP contribution is 2.54. The third-order valence-corrected chi connectivity index (χ3v) is 4.17. The van der Waals surface area contributed by atoms with Gasteiger partial charge >= 0.3 is 0 Å². The first-order valence-corrected chi connectivity index (χ1v) is 6.33. The number of rotatable bonds is 1. The fourth-order valence-electron chi connectivity index (χ4n) is 3.55. The number of piperidine rings is 1. The summed E-state index contributed by atoms with van der Waals surface area (Å²) in [5.41, 5.74) is -0.0137. The molecule has 4 heteroatoms. The van der Waals surface area contributed by atoms with Crippen molar-refractivity contribution < 1.29 is 5.11 Å². The highest BCUT2D eigenvalue weighted by Gasteiger charge is 2.51. The van der Waals surface area contributed by atoms with Gasteiger partial charge in [0.25, 0.3) is 0 Å². The Balaban J connectivity index is 1.62. The molecule has 3 rings (SSSR count). The van der Waals surface area contributed by atoms with E-state index in [0.717, 1.165) is 44.7 Å². The Morgan fingerprint density at radius 3 is 2.29 bits per heavy atom. The van der Waals surface area contributed by atoms with E-state index in [0.29, 0.717) is 5.41 Å². The molecule has 1 saturated carbocycles. The fourth-order valence-corrected chi connectivity index (χ4v) is 3.55. The molecule has 17 heavy (non-hydrogen) atoms. The summed E-state index contributed by atoms with van der Waals surface area (Å²) in [7, 11) is 0. The topological polar surface area (TPSA) is 49.2 Å². The van der Waals surface area contributed by atoms with Gasteiger partial charge in [-0.15, -0.1) is 0 Å². The molecule has 0 bridgehead atoms. The molecule has 2 fully saturated rings. The van der Waals surface area contributed by atoms with E-state index < -0.39 is 5.60 Å². The second-order valence-corrected chi connectivity index (χ2v) is 5.89. The summed E-state index contributed by atoms with van der Waals surface area (Å²) in [4.78, 5) is 10.8. The average molecular weight is 233 g/mol. The van der Waals surface area contributed by atoms with Crippen molar-refractivity contribution in [1.29, 1.82) is 0 Å². The smallest absolute Gasteiger partial charge is 0.225 e. The van der Waals surface area contributed by atoms with Crippen LogP contribution in [0.1, 0.15) is 32.6 Å². The summed E-state index contributed by atoms with van der Waals surface area (Å²) >= 11 is 0. The van der Waals surface area contributed by atoms with Crippen LogP contribution in [0.15, 0.2) is 18.5 Å². The molecule has 1 aliphatic carbocycles. The first-order chi connectivity index (χ1) is 8.09. The summed E-state index contributed by atoms with van der Waals surface area (Å²) < 4.78 is 0. The summed E-state index contributed by atoms with van der Waals surface area (Å²) in [5, 5.41) is 9.88. The van der Waals surface area contributed by atoms with Gasteiger partial charge in [0.1, 0.15) is 0 Å². The minimum Gasteiger partial charge on any atom is -0.390 e. The van der Waals surface area contributed by atoms with Crippen LogP contribution in [0.3, 0.4) is 0 Å².